The normalized spacial score (nSPS) is 15.8. The zero-order valence-electron chi connectivity index (χ0n) is 14.9. The van der Waals surface area contributed by atoms with Gasteiger partial charge in [0, 0.05) is 12.6 Å². The van der Waals surface area contributed by atoms with Crippen LogP contribution in [0.4, 0.5) is 4.79 Å². The Morgan fingerprint density at radius 3 is 2.81 bits per heavy atom. The first-order valence-electron chi connectivity index (χ1n) is 8.83. The molecule has 140 valence electrons. The van der Waals surface area contributed by atoms with E-state index < -0.39 is 11.3 Å². The van der Waals surface area contributed by atoms with Gasteiger partial charge in [0.2, 0.25) is 5.91 Å². The summed E-state index contributed by atoms with van der Waals surface area (Å²) in [6.07, 6.45) is 4.23. The minimum atomic E-state index is -0.449. The number of carbonyl (C=O) groups excluding carboxylic acids is 2. The maximum Gasteiger partial charge on any atom is 0.321 e. The Morgan fingerprint density at radius 2 is 2.15 bits per heavy atom. The average Bonchev–Trinajstić information content (AvgIpc) is 3.35. The number of imide groups is 1. The number of rotatable bonds is 6. The van der Waals surface area contributed by atoms with E-state index in [1.807, 2.05) is 29.0 Å². The van der Waals surface area contributed by atoms with Gasteiger partial charge in [-0.05, 0) is 38.1 Å². The third kappa shape index (κ3) is 4.45. The molecule has 9 heteroatoms. The molecule has 0 saturated heterocycles. The Kier molecular flexibility index (Phi) is 6.31. The molecule has 1 saturated carbocycles. The minimum Gasteiger partial charge on any atom is -0.335 e. The van der Waals surface area contributed by atoms with Crippen molar-refractivity contribution in [2.75, 3.05) is 0 Å². The summed E-state index contributed by atoms with van der Waals surface area (Å²) in [7, 11) is 0. The zero-order valence-corrected chi connectivity index (χ0v) is 16.5. The smallest absolute Gasteiger partial charge is 0.321 e. The second-order valence-electron chi connectivity index (χ2n) is 6.23. The second kappa shape index (κ2) is 8.68. The van der Waals surface area contributed by atoms with Crippen LogP contribution in [-0.2, 0) is 11.3 Å². The van der Waals surface area contributed by atoms with Crippen molar-refractivity contribution in [1.82, 2.24) is 25.4 Å². The van der Waals surface area contributed by atoms with Crippen molar-refractivity contribution in [2.24, 2.45) is 0 Å². The van der Waals surface area contributed by atoms with Gasteiger partial charge in [-0.3, -0.25) is 10.1 Å². The third-order valence-corrected chi connectivity index (χ3v) is 6.30. The van der Waals surface area contributed by atoms with Crippen LogP contribution in [0.25, 0.3) is 10.7 Å². The Labute approximate surface area is 161 Å². The summed E-state index contributed by atoms with van der Waals surface area (Å²) in [5, 5.41) is 16.0. The maximum absolute atomic E-state index is 12.3. The molecule has 2 heterocycles. The third-order valence-electron chi connectivity index (χ3n) is 4.35. The molecular weight excluding hydrogens is 370 g/mol. The number of nitrogens with zero attached hydrogens (tertiary/aromatic N) is 3. The lowest BCUT2D eigenvalue weighted by Gasteiger charge is -2.15. The van der Waals surface area contributed by atoms with Crippen LogP contribution in [-0.4, -0.2) is 38.0 Å². The molecule has 0 spiro atoms. The highest BCUT2D eigenvalue weighted by Crippen LogP contribution is 2.29. The molecule has 7 nitrogen and oxygen atoms in total. The van der Waals surface area contributed by atoms with Gasteiger partial charge in [0.05, 0.1) is 10.1 Å². The fourth-order valence-electron chi connectivity index (χ4n) is 2.97. The van der Waals surface area contributed by atoms with Crippen LogP contribution in [0.15, 0.2) is 22.7 Å². The van der Waals surface area contributed by atoms with Crippen LogP contribution in [0.3, 0.4) is 0 Å². The monoisotopic (exact) mass is 393 g/mol. The summed E-state index contributed by atoms with van der Waals surface area (Å²) in [5.74, 6) is 0.477. The molecule has 1 fully saturated rings. The molecule has 2 N–H and O–H groups in total. The number of urea groups is 1. The van der Waals surface area contributed by atoms with Crippen molar-refractivity contribution in [3.05, 3.63) is 17.5 Å². The molecule has 0 aliphatic heterocycles. The summed E-state index contributed by atoms with van der Waals surface area (Å²) in [4.78, 5) is 25.3. The molecule has 0 bridgehead atoms. The van der Waals surface area contributed by atoms with Crippen LogP contribution in [0, 0.1) is 0 Å². The highest BCUT2D eigenvalue weighted by Gasteiger charge is 2.23. The van der Waals surface area contributed by atoms with Crippen LogP contribution in [0.1, 0.15) is 39.5 Å². The van der Waals surface area contributed by atoms with E-state index in [0.29, 0.717) is 11.7 Å². The Morgan fingerprint density at radius 1 is 1.38 bits per heavy atom. The first kappa shape index (κ1) is 18.9. The van der Waals surface area contributed by atoms with Crippen LogP contribution >= 0.6 is 23.1 Å². The van der Waals surface area contributed by atoms with E-state index in [2.05, 4.69) is 20.8 Å². The highest BCUT2D eigenvalue weighted by atomic mass is 32.2. The lowest BCUT2D eigenvalue weighted by Crippen LogP contribution is -2.45. The van der Waals surface area contributed by atoms with Gasteiger partial charge in [0.25, 0.3) is 0 Å². The van der Waals surface area contributed by atoms with E-state index in [1.165, 1.54) is 11.8 Å². The average molecular weight is 394 g/mol. The summed E-state index contributed by atoms with van der Waals surface area (Å²) >= 11 is 2.91. The van der Waals surface area contributed by atoms with Crippen molar-refractivity contribution < 1.29 is 9.59 Å². The number of thioether (sulfide) groups is 1. The maximum atomic E-state index is 12.3. The topological polar surface area (TPSA) is 88.9 Å². The molecule has 2 aromatic rings. The predicted octanol–water partition coefficient (Wildman–Crippen LogP) is 3.28. The van der Waals surface area contributed by atoms with Gasteiger partial charge in [-0.1, -0.05) is 30.7 Å². The van der Waals surface area contributed by atoms with Crippen LogP contribution in [0.5, 0.6) is 0 Å². The van der Waals surface area contributed by atoms with E-state index in [1.54, 1.807) is 18.3 Å². The first-order valence-corrected chi connectivity index (χ1v) is 10.6. The van der Waals surface area contributed by atoms with Crippen molar-refractivity contribution in [3.63, 3.8) is 0 Å². The fraction of sp³-hybridized carbons (Fsp3) is 0.529. The molecule has 3 rings (SSSR count). The molecule has 26 heavy (non-hydrogen) atoms. The minimum absolute atomic E-state index is 0.183. The molecule has 2 aromatic heterocycles. The standard InChI is InChI=1S/C17H23N5O2S2/c1-3-22-14(13-9-6-10-25-13)20-21-17(22)26-11(2)15(23)19-16(24)18-12-7-4-5-8-12/h6,9-12H,3-5,7-8H2,1-2H3,(H2,18,19,23,24)/t11-/m0/s1. The first-order chi connectivity index (χ1) is 12.6. The highest BCUT2D eigenvalue weighted by molar-refractivity contribution is 8.00. The van der Waals surface area contributed by atoms with Gasteiger partial charge in [-0.25, -0.2) is 4.79 Å². The van der Waals surface area contributed by atoms with Crippen molar-refractivity contribution in [1.29, 1.82) is 0 Å². The molecule has 0 unspecified atom stereocenters. The number of carbonyl (C=O) groups is 2. The van der Waals surface area contributed by atoms with E-state index in [0.717, 1.165) is 36.4 Å². The number of amides is 3. The van der Waals surface area contributed by atoms with E-state index >= 15 is 0 Å². The number of hydrogen-bond acceptors (Lipinski definition) is 6. The van der Waals surface area contributed by atoms with Gasteiger partial charge in [-0.15, -0.1) is 21.5 Å². The lowest BCUT2D eigenvalue weighted by atomic mass is 10.2. The SMILES string of the molecule is CCn1c(S[C@@H](C)C(=O)NC(=O)NC2CCCC2)nnc1-c1cccs1. The van der Waals surface area contributed by atoms with E-state index in [9.17, 15) is 9.59 Å². The summed E-state index contributed by atoms with van der Waals surface area (Å²) in [5.41, 5.74) is 0. The Balaban J connectivity index is 1.59. The number of nitrogens with one attached hydrogen (secondary N) is 2. The predicted molar refractivity (Wildman–Crippen MR) is 103 cm³/mol. The van der Waals surface area contributed by atoms with Gasteiger partial charge >= 0.3 is 6.03 Å². The summed E-state index contributed by atoms with van der Waals surface area (Å²) in [6, 6.07) is 3.74. The van der Waals surface area contributed by atoms with E-state index in [4.69, 9.17) is 0 Å². The fourth-order valence-corrected chi connectivity index (χ4v) is 4.60. The molecule has 1 aliphatic carbocycles. The van der Waals surface area contributed by atoms with Crippen molar-refractivity contribution in [2.45, 2.75) is 62.5 Å². The quantitative estimate of drug-likeness (QED) is 0.735. The lowest BCUT2D eigenvalue weighted by molar-refractivity contribution is -0.119. The van der Waals surface area contributed by atoms with E-state index in [-0.39, 0.29) is 11.9 Å². The van der Waals surface area contributed by atoms with Gasteiger partial charge in [0.1, 0.15) is 0 Å². The van der Waals surface area contributed by atoms with Gasteiger partial charge < -0.3 is 9.88 Å². The number of aromatic nitrogens is 3. The molecule has 1 aliphatic rings. The van der Waals surface area contributed by atoms with Gasteiger partial charge in [-0.2, -0.15) is 0 Å². The summed E-state index contributed by atoms with van der Waals surface area (Å²) < 4.78 is 1.98. The van der Waals surface area contributed by atoms with Crippen LogP contribution in [0.2, 0.25) is 0 Å². The van der Waals surface area contributed by atoms with Gasteiger partial charge in [0.15, 0.2) is 11.0 Å². The van der Waals surface area contributed by atoms with Crippen LogP contribution < -0.4 is 10.6 Å². The number of hydrogen-bond donors (Lipinski definition) is 2. The largest absolute Gasteiger partial charge is 0.335 e. The van der Waals surface area contributed by atoms with Crippen molar-refractivity contribution >= 4 is 35.0 Å². The molecule has 0 radical (unpaired) electrons. The molecule has 1 atom stereocenters. The Bertz CT molecular complexity index is 753. The van der Waals surface area contributed by atoms with Crippen molar-refractivity contribution in [3.8, 4) is 10.7 Å². The number of thiophene rings is 1. The Hall–Kier alpha value is -1.87. The summed E-state index contributed by atoms with van der Waals surface area (Å²) in [6.45, 7) is 4.49. The molecule has 0 aromatic carbocycles. The zero-order chi connectivity index (χ0) is 18.5. The molecular formula is C17H23N5O2S2. The molecule has 3 amide bonds. The second-order valence-corrected chi connectivity index (χ2v) is 8.49.